The lowest BCUT2D eigenvalue weighted by atomic mass is 9.99. The second kappa shape index (κ2) is 12.1. The van der Waals surface area contributed by atoms with Crippen LogP contribution in [0.4, 0.5) is 16.2 Å². The first-order valence-electron chi connectivity index (χ1n) is 10.9. The Bertz CT molecular complexity index is 1290. The summed E-state index contributed by atoms with van der Waals surface area (Å²) >= 11 is 0. The highest BCUT2D eigenvalue weighted by atomic mass is 16.7. The number of nitro benzene ring substituents is 2. The number of hydrogen-bond donors (Lipinski definition) is 4. The van der Waals surface area contributed by atoms with Gasteiger partial charge in [-0.05, 0) is 18.2 Å². The second-order valence-electron chi connectivity index (χ2n) is 7.96. The van der Waals surface area contributed by atoms with E-state index in [9.17, 15) is 45.1 Å². The van der Waals surface area contributed by atoms with Gasteiger partial charge in [0.15, 0.2) is 11.9 Å². The molecule has 0 spiro atoms. The van der Waals surface area contributed by atoms with Crippen molar-refractivity contribution < 1.29 is 58.8 Å². The topological polar surface area (TPSA) is 238 Å². The van der Waals surface area contributed by atoms with Gasteiger partial charge in [0.1, 0.15) is 30.2 Å². The molecule has 0 bridgehead atoms. The van der Waals surface area contributed by atoms with Crippen LogP contribution in [0.1, 0.15) is 18.1 Å². The number of ether oxygens (including phenoxy) is 4. The summed E-state index contributed by atoms with van der Waals surface area (Å²) < 4.78 is 20.4. The van der Waals surface area contributed by atoms with Crippen LogP contribution in [0, 0.1) is 32.6 Å². The monoisotopic (exact) mass is 548 g/mol. The molecule has 1 fully saturated rings. The summed E-state index contributed by atoms with van der Waals surface area (Å²) in [6.07, 6.45) is -7.32. The molecule has 0 radical (unpaired) electrons. The first-order chi connectivity index (χ1) is 18.4. The summed E-state index contributed by atoms with van der Waals surface area (Å²) in [6, 6.07) is 7.68. The van der Waals surface area contributed by atoms with Gasteiger partial charge in [-0.3, -0.25) is 20.2 Å². The highest BCUT2D eigenvalue weighted by Gasteiger charge is 2.48. The van der Waals surface area contributed by atoms with Crippen molar-refractivity contribution >= 4 is 23.5 Å². The number of nitro groups is 2. The number of carbonyl (C=O) groups is 2. The largest absolute Gasteiger partial charge is 0.514 e. The molecule has 2 aromatic carbocycles. The van der Waals surface area contributed by atoms with Crippen LogP contribution in [-0.2, 0) is 14.3 Å². The lowest BCUT2D eigenvalue weighted by Crippen LogP contribution is -2.61. The maximum absolute atomic E-state index is 12.3. The molecule has 0 aromatic heterocycles. The van der Waals surface area contributed by atoms with Crippen molar-refractivity contribution in [2.24, 2.45) is 0 Å². The Hall–Kier alpha value is -4.82. The molecule has 1 aliphatic rings. The number of aliphatic carboxylic acids is 1. The van der Waals surface area contributed by atoms with Gasteiger partial charge in [-0.1, -0.05) is 6.07 Å². The Morgan fingerprint density at radius 1 is 1.03 bits per heavy atom. The third kappa shape index (κ3) is 6.74. The smallest absolute Gasteiger partial charge is 0.479 e. The molecule has 16 heteroatoms. The molecule has 39 heavy (non-hydrogen) atoms. The van der Waals surface area contributed by atoms with E-state index in [4.69, 9.17) is 30.5 Å². The van der Waals surface area contributed by atoms with Crippen LogP contribution < -0.4 is 9.47 Å². The lowest BCUT2D eigenvalue weighted by molar-refractivity contribution is -0.387. The third-order valence-electron chi connectivity index (χ3n) is 5.40. The lowest BCUT2D eigenvalue weighted by Gasteiger charge is -2.38. The van der Waals surface area contributed by atoms with Crippen molar-refractivity contribution in [1.29, 1.82) is 0 Å². The first-order valence-corrected chi connectivity index (χ1v) is 10.9. The van der Waals surface area contributed by atoms with Gasteiger partial charge < -0.3 is 39.4 Å². The van der Waals surface area contributed by atoms with E-state index in [0.29, 0.717) is 0 Å². The minimum absolute atomic E-state index is 0.0247. The fourth-order valence-electron chi connectivity index (χ4n) is 3.46. The predicted molar refractivity (Wildman–Crippen MR) is 124 cm³/mol. The van der Waals surface area contributed by atoms with E-state index in [2.05, 4.69) is 5.92 Å². The fraction of sp³-hybridized carbons (Fsp3) is 0.304. The van der Waals surface area contributed by atoms with Crippen molar-refractivity contribution in [1.82, 2.24) is 0 Å². The molecule has 206 valence electrons. The Morgan fingerprint density at radius 3 is 2.26 bits per heavy atom. The molecule has 0 aliphatic carbocycles. The minimum atomic E-state index is -2.00. The molecule has 3 rings (SSSR count). The Morgan fingerprint density at radius 2 is 1.69 bits per heavy atom. The molecule has 1 saturated heterocycles. The van der Waals surface area contributed by atoms with Gasteiger partial charge in [0.05, 0.1) is 16.3 Å². The first kappa shape index (κ1) is 28.7. The van der Waals surface area contributed by atoms with E-state index in [1.54, 1.807) is 0 Å². The minimum Gasteiger partial charge on any atom is -0.479 e. The van der Waals surface area contributed by atoms with Crippen molar-refractivity contribution in [3.05, 3.63) is 68.3 Å². The van der Waals surface area contributed by atoms with Crippen LogP contribution >= 0.6 is 0 Å². The number of benzene rings is 2. The van der Waals surface area contributed by atoms with Gasteiger partial charge in [0.2, 0.25) is 6.29 Å². The molecule has 0 amide bonds. The van der Waals surface area contributed by atoms with E-state index in [1.807, 2.05) is 0 Å². The van der Waals surface area contributed by atoms with Crippen LogP contribution in [0.3, 0.4) is 0 Å². The molecular formula is C23H20N2O14. The van der Waals surface area contributed by atoms with Crippen molar-refractivity contribution in [3.63, 3.8) is 0 Å². The molecule has 1 heterocycles. The normalized spacial score (nSPS) is 23.1. The number of aliphatic hydroxyl groups excluding tert-OH is 3. The summed E-state index contributed by atoms with van der Waals surface area (Å²) in [4.78, 5) is 44.5. The zero-order valence-electron chi connectivity index (χ0n) is 19.6. The van der Waals surface area contributed by atoms with E-state index < -0.39 is 70.2 Å². The zero-order valence-corrected chi connectivity index (χ0v) is 19.6. The van der Waals surface area contributed by atoms with Crippen LogP contribution in [0.15, 0.2) is 42.5 Å². The zero-order chi connectivity index (χ0) is 28.9. The van der Waals surface area contributed by atoms with Gasteiger partial charge in [0.25, 0.3) is 5.69 Å². The summed E-state index contributed by atoms with van der Waals surface area (Å²) in [7, 11) is 0. The van der Waals surface area contributed by atoms with Gasteiger partial charge in [-0.15, -0.1) is 12.3 Å². The number of aliphatic hydroxyl groups is 3. The second-order valence-corrected chi connectivity index (χ2v) is 7.96. The molecule has 16 nitrogen and oxygen atoms in total. The quantitative estimate of drug-likeness (QED) is 0.113. The van der Waals surface area contributed by atoms with Gasteiger partial charge in [-0.25, -0.2) is 9.59 Å². The highest BCUT2D eigenvalue weighted by Crippen LogP contribution is 2.35. The van der Waals surface area contributed by atoms with Crippen LogP contribution in [0.2, 0.25) is 0 Å². The summed E-state index contributed by atoms with van der Waals surface area (Å²) in [6.45, 7) is 0. The maximum atomic E-state index is 12.3. The SMILES string of the molecule is C#CC[C@H](OC(=O)Oc1ccc([N+](=O)[O-])cc1)c1ccc(O[C@@H]2O[C@H](C(=O)O)[C@@H](O)[C@H](O)[C@H]2O)c([N+](=O)[O-])c1. The predicted octanol–water partition coefficient (Wildman–Crippen LogP) is 1.05. The molecule has 2 aromatic rings. The van der Waals surface area contributed by atoms with Crippen molar-refractivity contribution in [2.45, 2.75) is 43.2 Å². The molecule has 6 atom stereocenters. The van der Waals surface area contributed by atoms with Crippen LogP contribution in [0.5, 0.6) is 11.5 Å². The molecule has 4 N–H and O–H groups in total. The Labute approximate surface area is 218 Å². The van der Waals surface area contributed by atoms with E-state index in [1.165, 1.54) is 6.07 Å². The van der Waals surface area contributed by atoms with Crippen molar-refractivity contribution in [2.75, 3.05) is 0 Å². The highest BCUT2D eigenvalue weighted by molar-refractivity contribution is 5.73. The number of rotatable bonds is 9. The summed E-state index contributed by atoms with van der Waals surface area (Å²) in [5, 5.41) is 61.4. The van der Waals surface area contributed by atoms with Crippen LogP contribution in [-0.4, -0.2) is 73.1 Å². The third-order valence-corrected chi connectivity index (χ3v) is 5.40. The summed E-state index contributed by atoms with van der Waals surface area (Å²) in [5.74, 6) is -0.0386. The van der Waals surface area contributed by atoms with Crippen LogP contribution in [0.25, 0.3) is 0 Å². The molecule has 0 unspecified atom stereocenters. The maximum Gasteiger partial charge on any atom is 0.514 e. The van der Waals surface area contributed by atoms with E-state index >= 15 is 0 Å². The molecule has 0 saturated carbocycles. The number of carboxylic acid groups (broad SMARTS) is 1. The Balaban J connectivity index is 1.80. The Kier molecular flexibility index (Phi) is 8.96. The number of carbonyl (C=O) groups excluding carboxylic acids is 1. The van der Waals surface area contributed by atoms with Gasteiger partial charge >= 0.3 is 17.8 Å². The van der Waals surface area contributed by atoms with Crippen molar-refractivity contribution in [3.8, 4) is 23.8 Å². The number of carboxylic acids is 1. The van der Waals surface area contributed by atoms with Gasteiger partial charge in [0, 0.05) is 23.8 Å². The number of non-ortho nitro benzene ring substituents is 1. The van der Waals surface area contributed by atoms with Gasteiger partial charge in [-0.2, -0.15) is 0 Å². The standard InChI is InChI=1S/C23H20N2O14/c1-2-3-15(38-23(31)36-13-7-5-12(6-8-13)24(32)33)11-4-9-16(14(10-11)25(34)35)37-22-19(28)17(26)18(27)20(39-22)21(29)30/h1,4-10,15,17-20,22,26-28H,3H2,(H,29,30)/t15-,17-,18-,19+,20-,22+/m0/s1. The number of nitrogens with zero attached hydrogens (tertiary/aromatic N) is 2. The summed E-state index contributed by atoms with van der Waals surface area (Å²) in [5.41, 5.74) is -0.951. The average molecular weight is 548 g/mol. The van der Waals surface area contributed by atoms with E-state index in [0.717, 1.165) is 36.4 Å². The average Bonchev–Trinajstić information content (AvgIpc) is 2.88. The number of hydrogen-bond acceptors (Lipinski definition) is 13. The number of terminal acetylenes is 1. The molecular weight excluding hydrogens is 528 g/mol. The fourth-order valence-corrected chi connectivity index (χ4v) is 3.46. The van der Waals surface area contributed by atoms with E-state index in [-0.39, 0.29) is 23.4 Å². The molecule has 1 aliphatic heterocycles.